The number of rotatable bonds is 1. The van der Waals surface area contributed by atoms with E-state index in [4.69, 9.17) is 5.11 Å². The second-order valence-corrected chi connectivity index (χ2v) is 3.73. The first-order valence-corrected chi connectivity index (χ1v) is 5.12. The first-order chi connectivity index (χ1) is 7.11. The molecule has 1 heterocycles. The summed E-state index contributed by atoms with van der Waals surface area (Å²) in [6.45, 7) is 6.25. The molecular weight excluding hydrogens is 190 g/mol. The van der Waals surface area contributed by atoms with Gasteiger partial charge in [0, 0.05) is 0 Å². The summed E-state index contributed by atoms with van der Waals surface area (Å²) in [5.74, 6) is -0.859. The van der Waals surface area contributed by atoms with Crippen LogP contribution < -0.4 is 5.32 Å². The first-order valence-electron chi connectivity index (χ1n) is 5.12. The molecule has 0 spiro atoms. The van der Waals surface area contributed by atoms with Crippen LogP contribution in [0.2, 0.25) is 0 Å². The molecule has 82 valence electrons. The lowest BCUT2D eigenvalue weighted by atomic mass is 10.1. The summed E-state index contributed by atoms with van der Waals surface area (Å²) in [4.78, 5) is 10.5. The van der Waals surface area contributed by atoms with E-state index in [9.17, 15) is 4.79 Å². The van der Waals surface area contributed by atoms with Crippen molar-refractivity contribution in [2.45, 2.75) is 20.3 Å². The van der Waals surface area contributed by atoms with Gasteiger partial charge in [-0.2, -0.15) is 0 Å². The normalized spacial score (nSPS) is 13.5. The highest BCUT2D eigenvalue weighted by molar-refractivity contribution is 5.89. The van der Waals surface area contributed by atoms with Crippen molar-refractivity contribution in [3.63, 3.8) is 0 Å². The van der Waals surface area contributed by atoms with Gasteiger partial charge >= 0.3 is 5.97 Å². The van der Waals surface area contributed by atoms with E-state index in [1.165, 1.54) is 19.5 Å². The van der Waals surface area contributed by atoms with Gasteiger partial charge in [0.05, 0.1) is 5.56 Å². The number of carboxylic acids is 1. The van der Waals surface area contributed by atoms with Crippen LogP contribution in [0, 0.1) is 13.8 Å². The molecule has 1 aromatic carbocycles. The Morgan fingerprint density at radius 3 is 2.20 bits per heavy atom. The van der Waals surface area contributed by atoms with Crippen molar-refractivity contribution in [3.8, 4) is 0 Å². The maximum Gasteiger partial charge on any atom is 0.335 e. The summed E-state index contributed by atoms with van der Waals surface area (Å²) in [5.41, 5.74) is 2.29. The lowest BCUT2D eigenvalue weighted by molar-refractivity contribution is 0.0696. The highest BCUT2D eigenvalue weighted by Crippen LogP contribution is 2.09. The molecule has 3 nitrogen and oxygen atoms in total. The minimum absolute atomic E-state index is 0.385. The summed E-state index contributed by atoms with van der Waals surface area (Å²) >= 11 is 0. The zero-order valence-corrected chi connectivity index (χ0v) is 9.21. The fraction of sp³-hybridized carbons (Fsp3) is 0.417. The molecule has 0 saturated carbocycles. The largest absolute Gasteiger partial charge is 0.478 e. The van der Waals surface area contributed by atoms with Crippen LogP contribution in [0.4, 0.5) is 0 Å². The Kier molecular flexibility index (Phi) is 4.31. The molecule has 15 heavy (non-hydrogen) atoms. The van der Waals surface area contributed by atoms with E-state index in [0.717, 1.165) is 11.1 Å². The van der Waals surface area contributed by atoms with Crippen molar-refractivity contribution in [1.82, 2.24) is 5.32 Å². The third-order valence-corrected chi connectivity index (χ3v) is 2.32. The molecule has 1 fully saturated rings. The highest BCUT2D eigenvalue weighted by atomic mass is 16.4. The van der Waals surface area contributed by atoms with E-state index in [2.05, 4.69) is 5.32 Å². The fourth-order valence-corrected chi connectivity index (χ4v) is 1.23. The first kappa shape index (κ1) is 11.7. The Morgan fingerprint density at radius 2 is 1.87 bits per heavy atom. The molecule has 1 aromatic rings. The summed E-state index contributed by atoms with van der Waals surface area (Å²) in [7, 11) is 0. The number of aromatic carboxylic acids is 1. The van der Waals surface area contributed by atoms with Crippen LogP contribution in [-0.4, -0.2) is 24.2 Å². The van der Waals surface area contributed by atoms with E-state index in [1.54, 1.807) is 19.1 Å². The molecule has 3 heteroatoms. The van der Waals surface area contributed by atoms with E-state index in [-0.39, 0.29) is 0 Å². The summed E-state index contributed by atoms with van der Waals surface area (Å²) < 4.78 is 0. The Morgan fingerprint density at radius 1 is 1.33 bits per heavy atom. The van der Waals surface area contributed by atoms with Crippen molar-refractivity contribution in [1.29, 1.82) is 0 Å². The van der Waals surface area contributed by atoms with Crippen molar-refractivity contribution >= 4 is 5.97 Å². The number of hydrogen-bond donors (Lipinski definition) is 2. The molecule has 2 N–H and O–H groups in total. The lowest BCUT2D eigenvalue weighted by Gasteiger charge is -2.09. The summed E-state index contributed by atoms with van der Waals surface area (Å²) in [6.07, 6.45) is 1.39. The Bertz CT molecular complexity index is 339. The van der Waals surface area contributed by atoms with E-state index in [0.29, 0.717) is 5.56 Å². The van der Waals surface area contributed by atoms with Gasteiger partial charge in [-0.25, -0.2) is 4.79 Å². The van der Waals surface area contributed by atoms with Crippen LogP contribution in [0.1, 0.15) is 27.9 Å². The molecular formula is C12H17NO2. The van der Waals surface area contributed by atoms with Crippen molar-refractivity contribution in [2.24, 2.45) is 0 Å². The van der Waals surface area contributed by atoms with Gasteiger partial charge in [0.2, 0.25) is 0 Å². The van der Waals surface area contributed by atoms with Crippen LogP contribution in [0.15, 0.2) is 18.2 Å². The maximum atomic E-state index is 10.5. The second kappa shape index (κ2) is 5.51. The molecule has 1 aliphatic rings. The molecule has 0 aliphatic carbocycles. The predicted molar refractivity (Wildman–Crippen MR) is 60.4 cm³/mol. The SMILES string of the molecule is C1CNC1.Cc1ccc(C(=O)O)c(C)c1. The molecule has 1 saturated heterocycles. The number of benzene rings is 1. The third-order valence-electron chi connectivity index (χ3n) is 2.32. The van der Waals surface area contributed by atoms with Gasteiger partial charge in [-0.3, -0.25) is 0 Å². The Labute approximate surface area is 90.1 Å². The minimum atomic E-state index is -0.859. The molecule has 2 rings (SSSR count). The monoisotopic (exact) mass is 207 g/mol. The number of nitrogens with one attached hydrogen (secondary N) is 1. The van der Waals surface area contributed by atoms with Crippen LogP contribution >= 0.6 is 0 Å². The molecule has 0 unspecified atom stereocenters. The van der Waals surface area contributed by atoms with Crippen molar-refractivity contribution in [2.75, 3.05) is 13.1 Å². The standard InChI is InChI=1S/C9H10O2.C3H7N/c1-6-3-4-8(9(10)11)7(2)5-6;1-2-4-3-1/h3-5H,1-2H3,(H,10,11);4H,1-3H2. The maximum absolute atomic E-state index is 10.5. The lowest BCUT2D eigenvalue weighted by Crippen LogP contribution is -2.29. The minimum Gasteiger partial charge on any atom is -0.478 e. The van der Waals surface area contributed by atoms with Gasteiger partial charge in [0.1, 0.15) is 0 Å². The van der Waals surface area contributed by atoms with Crippen LogP contribution in [0.5, 0.6) is 0 Å². The molecule has 0 bridgehead atoms. The highest BCUT2D eigenvalue weighted by Gasteiger charge is 2.04. The van der Waals surface area contributed by atoms with Gasteiger partial charge in [-0.15, -0.1) is 0 Å². The third kappa shape index (κ3) is 3.72. The Hall–Kier alpha value is -1.35. The van der Waals surface area contributed by atoms with Gasteiger partial charge < -0.3 is 10.4 Å². The fourth-order valence-electron chi connectivity index (χ4n) is 1.23. The average molecular weight is 207 g/mol. The molecule has 0 radical (unpaired) electrons. The van der Waals surface area contributed by atoms with Crippen LogP contribution in [0.3, 0.4) is 0 Å². The number of carboxylic acid groups (broad SMARTS) is 1. The summed E-state index contributed by atoms with van der Waals surface area (Å²) in [6, 6.07) is 5.30. The second-order valence-electron chi connectivity index (χ2n) is 3.73. The zero-order valence-electron chi connectivity index (χ0n) is 9.21. The number of hydrogen-bond acceptors (Lipinski definition) is 2. The average Bonchev–Trinajstić information content (AvgIpc) is 1.99. The Balaban J connectivity index is 0.000000234. The quantitative estimate of drug-likeness (QED) is 0.740. The summed E-state index contributed by atoms with van der Waals surface area (Å²) in [5, 5.41) is 11.8. The van der Waals surface area contributed by atoms with Crippen molar-refractivity contribution < 1.29 is 9.90 Å². The van der Waals surface area contributed by atoms with E-state index >= 15 is 0 Å². The smallest absolute Gasteiger partial charge is 0.335 e. The molecule has 1 aliphatic heterocycles. The molecule has 0 amide bonds. The predicted octanol–water partition coefficient (Wildman–Crippen LogP) is 1.98. The van der Waals surface area contributed by atoms with Crippen LogP contribution in [-0.2, 0) is 0 Å². The van der Waals surface area contributed by atoms with Gasteiger partial charge in [0.15, 0.2) is 0 Å². The van der Waals surface area contributed by atoms with Gasteiger partial charge in [-0.05, 0) is 45.0 Å². The van der Waals surface area contributed by atoms with Gasteiger partial charge in [-0.1, -0.05) is 17.7 Å². The number of aryl methyl sites for hydroxylation is 2. The van der Waals surface area contributed by atoms with Gasteiger partial charge in [0.25, 0.3) is 0 Å². The molecule has 0 atom stereocenters. The molecule has 0 aromatic heterocycles. The van der Waals surface area contributed by atoms with Crippen molar-refractivity contribution in [3.05, 3.63) is 34.9 Å². The topological polar surface area (TPSA) is 49.3 Å². The van der Waals surface area contributed by atoms with E-state index < -0.39 is 5.97 Å². The van der Waals surface area contributed by atoms with Crippen LogP contribution in [0.25, 0.3) is 0 Å². The number of carbonyl (C=O) groups is 1. The zero-order chi connectivity index (χ0) is 11.3. The van der Waals surface area contributed by atoms with E-state index in [1.807, 2.05) is 13.0 Å².